The third-order valence-corrected chi connectivity index (χ3v) is 9.61. The van der Waals surface area contributed by atoms with Crippen LogP contribution in [0.2, 0.25) is 0 Å². The monoisotopic (exact) mass is 656 g/mol. The number of aryl methyl sites for hydroxylation is 2. The van der Waals surface area contributed by atoms with Crippen LogP contribution in [-0.4, -0.2) is 56.6 Å². The Balaban J connectivity index is 1.32. The summed E-state index contributed by atoms with van der Waals surface area (Å²) < 4.78 is 5.36. The van der Waals surface area contributed by atoms with E-state index in [-0.39, 0.29) is 29.9 Å². The molecule has 2 aromatic carbocycles. The molecule has 0 aromatic heterocycles. The van der Waals surface area contributed by atoms with Gasteiger partial charge in [-0.3, -0.25) is 9.59 Å². The first-order chi connectivity index (χ1) is 23.1. The fourth-order valence-electron chi connectivity index (χ4n) is 7.17. The van der Waals surface area contributed by atoms with E-state index in [1.165, 1.54) is 49.1 Å². The van der Waals surface area contributed by atoms with Gasteiger partial charge in [-0.25, -0.2) is 0 Å². The first-order valence-electron chi connectivity index (χ1n) is 17.6. The number of nitrogens with two attached hydrogens (primary N) is 1. The Hall–Kier alpha value is -3.72. The zero-order valence-electron chi connectivity index (χ0n) is 29.4. The number of piperidine rings is 1. The van der Waals surface area contributed by atoms with Gasteiger partial charge in [-0.15, -0.1) is 0 Å². The SMILES string of the molecule is CNC[C@H](CCCCCC(=O)CC(=O)/C=C/c1cc(OC)c(O)cc1CC1=CNC(N)C(Cc2cc(C)cc(C)c2)=C1)C1CCNCC1. The molecule has 8 heteroatoms. The maximum atomic E-state index is 12.8. The minimum Gasteiger partial charge on any atom is -0.504 e. The normalized spacial score (nSPS) is 17.5. The summed E-state index contributed by atoms with van der Waals surface area (Å²) in [5.74, 6) is 1.57. The lowest BCUT2D eigenvalue weighted by atomic mass is 9.81. The maximum absolute atomic E-state index is 12.8. The number of unbranched alkanes of at least 4 members (excludes halogenated alkanes) is 2. The molecule has 2 aliphatic rings. The van der Waals surface area contributed by atoms with E-state index in [9.17, 15) is 14.7 Å². The van der Waals surface area contributed by atoms with Gasteiger partial charge in [0.2, 0.25) is 0 Å². The Bertz CT molecular complexity index is 1470. The van der Waals surface area contributed by atoms with Crippen molar-refractivity contribution in [2.75, 3.05) is 33.8 Å². The number of dihydropyridines is 1. The molecule has 8 nitrogen and oxygen atoms in total. The highest BCUT2D eigenvalue weighted by molar-refractivity contribution is 6.06. The van der Waals surface area contributed by atoms with Crippen LogP contribution in [0.15, 0.2) is 59.8 Å². The third kappa shape index (κ3) is 11.5. The number of phenols is 1. The van der Waals surface area contributed by atoms with Gasteiger partial charge in [0, 0.05) is 12.6 Å². The molecule has 0 radical (unpaired) electrons. The summed E-state index contributed by atoms with van der Waals surface area (Å²) in [4.78, 5) is 25.5. The smallest absolute Gasteiger partial charge is 0.163 e. The molecule has 0 saturated carbocycles. The summed E-state index contributed by atoms with van der Waals surface area (Å²) >= 11 is 0. The van der Waals surface area contributed by atoms with E-state index in [1.807, 2.05) is 13.2 Å². The summed E-state index contributed by atoms with van der Waals surface area (Å²) in [5, 5.41) is 20.7. The van der Waals surface area contributed by atoms with E-state index in [0.29, 0.717) is 24.5 Å². The topological polar surface area (TPSA) is 126 Å². The zero-order valence-corrected chi connectivity index (χ0v) is 29.4. The fourth-order valence-corrected chi connectivity index (χ4v) is 7.17. The molecule has 2 heterocycles. The third-order valence-electron chi connectivity index (χ3n) is 9.61. The van der Waals surface area contributed by atoms with Crippen LogP contribution >= 0.6 is 0 Å². The number of carbonyl (C=O) groups excluding carboxylic acids is 2. The number of nitrogens with one attached hydrogen (secondary N) is 3. The van der Waals surface area contributed by atoms with Crippen molar-refractivity contribution in [3.63, 3.8) is 0 Å². The van der Waals surface area contributed by atoms with Gasteiger partial charge in [0.15, 0.2) is 17.3 Å². The molecule has 2 aliphatic heterocycles. The highest BCUT2D eigenvalue weighted by Crippen LogP contribution is 2.32. The summed E-state index contributed by atoms with van der Waals surface area (Å²) in [7, 11) is 3.53. The number of carbonyl (C=O) groups is 2. The van der Waals surface area contributed by atoms with Crippen LogP contribution in [0.3, 0.4) is 0 Å². The number of ketones is 2. The number of aromatic hydroxyl groups is 1. The fraction of sp³-hybridized carbons (Fsp3) is 0.500. The van der Waals surface area contributed by atoms with Crippen molar-refractivity contribution in [2.45, 2.75) is 84.2 Å². The van der Waals surface area contributed by atoms with Gasteiger partial charge in [0.05, 0.1) is 19.7 Å². The Labute approximate surface area is 287 Å². The molecule has 1 unspecified atom stereocenters. The molecular formula is C40H56N4O4. The zero-order chi connectivity index (χ0) is 34.5. The van der Waals surface area contributed by atoms with Crippen LogP contribution in [0.4, 0.5) is 0 Å². The quantitative estimate of drug-likeness (QED) is 0.0772. The molecule has 4 rings (SSSR count). The number of hydrogen-bond donors (Lipinski definition) is 5. The van der Waals surface area contributed by atoms with Crippen LogP contribution in [0.25, 0.3) is 6.08 Å². The molecular weight excluding hydrogens is 600 g/mol. The minimum absolute atomic E-state index is 0.0189. The van der Waals surface area contributed by atoms with Gasteiger partial charge < -0.3 is 31.5 Å². The van der Waals surface area contributed by atoms with E-state index >= 15 is 0 Å². The summed E-state index contributed by atoms with van der Waals surface area (Å²) in [6, 6.07) is 9.93. The molecule has 2 atom stereocenters. The van der Waals surface area contributed by atoms with Gasteiger partial charge in [-0.1, -0.05) is 54.3 Å². The number of ether oxygens (including phenoxy) is 1. The summed E-state index contributed by atoms with van der Waals surface area (Å²) in [5.41, 5.74) is 13.7. The van der Waals surface area contributed by atoms with E-state index in [1.54, 1.807) is 18.2 Å². The van der Waals surface area contributed by atoms with Gasteiger partial charge in [0.1, 0.15) is 5.78 Å². The van der Waals surface area contributed by atoms with E-state index in [2.05, 4.69) is 54.1 Å². The molecule has 1 saturated heterocycles. The first-order valence-corrected chi connectivity index (χ1v) is 17.6. The first kappa shape index (κ1) is 37.1. The Morgan fingerprint density at radius 2 is 1.81 bits per heavy atom. The van der Waals surface area contributed by atoms with E-state index in [0.717, 1.165) is 73.5 Å². The predicted molar refractivity (Wildman–Crippen MR) is 195 cm³/mol. The van der Waals surface area contributed by atoms with Crippen LogP contribution < -0.4 is 26.4 Å². The Morgan fingerprint density at radius 1 is 1.06 bits per heavy atom. The van der Waals surface area contributed by atoms with Crippen LogP contribution in [-0.2, 0) is 22.4 Å². The second-order valence-electron chi connectivity index (χ2n) is 13.7. The number of methoxy groups -OCH3 is 1. The van der Waals surface area contributed by atoms with E-state index < -0.39 is 0 Å². The van der Waals surface area contributed by atoms with Crippen molar-refractivity contribution in [2.24, 2.45) is 17.6 Å². The lowest BCUT2D eigenvalue weighted by molar-refractivity contribution is -0.124. The Kier molecular flexibility index (Phi) is 14.5. The molecule has 48 heavy (non-hydrogen) atoms. The van der Waals surface area contributed by atoms with Gasteiger partial charge in [-0.2, -0.15) is 0 Å². The van der Waals surface area contributed by atoms with Crippen molar-refractivity contribution in [3.8, 4) is 11.5 Å². The number of phenolic OH excluding ortho intramolecular Hbond substituents is 1. The number of rotatable bonds is 18. The van der Waals surface area contributed by atoms with Crippen LogP contribution in [0.1, 0.15) is 79.2 Å². The molecule has 0 spiro atoms. The van der Waals surface area contributed by atoms with Gasteiger partial charge >= 0.3 is 0 Å². The highest BCUT2D eigenvalue weighted by Gasteiger charge is 2.22. The average molecular weight is 657 g/mol. The van der Waals surface area contributed by atoms with E-state index in [4.69, 9.17) is 10.5 Å². The molecule has 0 amide bonds. The second kappa shape index (κ2) is 18.7. The van der Waals surface area contributed by atoms with Crippen molar-refractivity contribution in [1.82, 2.24) is 16.0 Å². The van der Waals surface area contributed by atoms with Crippen molar-refractivity contribution in [3.05, 3.63) is 87.6 Å². The number of Topliss-reactive ketones (excluding diaryl/α,β-unsaturated/α-hetero) is 1. The molecule has 0 aliphatic carbocycles. The second-order valence-corrected chi connectivity index (χ2v) is 13.7. The van der Waals surface area contributed by atoms with Crippen molar-refractivity contribution >= 4 is 17.6 Å². The largest absolute Gasteiger partial charge is 0.504 e. The molecule has 0 bridgehead atoms. The maximum Gasteiger partial charge on any atom is 0.163 e. The van der Waals surface area contributed by atoms with Gasteiger partial charge in [-0.05, 0) is 137 Å². The van der Waals surface area contributed by atoms with Crippen LogP contribution in [0, 0.1) is 25.7 Å². The molecule has 2 aromatic rings. The number of allylic oxidation sites excluding steroid dienone is 3. The molecule has 260 valence electrons. The lowest BCUT2D eigenvalue weighted by Gasteiger charge is -2.30. The highest BCUT2D eigenvalue weighted by atomic mass is 16.5. The van der Waals surface area contributed by atoms with Crippen molar-refractivity contribution < 1.29 is 19.4 Å². The van der Waals surface area contributed by atoms with Gasteiger partial charge in [0.25, 0.3) is 0 Å². The van der Waals surface area contributed by atoms with Crippen LogP contribution in [0.5, 0.6) is 11.5 Å². The summed E-state index contributed by atoms with van der Waals surface area (Å²) in [6.07, 6.45) is 15.1. The van der Waals surface area contributed by atoms with Crippen molar-refractivity contribution in [1.29, 1.82) is 0 Å². The predicted octanol–water partition coefficient (Wildman–Crippen LogP) is 5.83. The standard InChI is InChI=1S/C40H56N4O4/c1-27-16-28(2)18-29(17-27)19-35-21-30(25-44-40(35)41)20-34-22-38(47)39(48-4)23-32(34)10-11-37(46)24-36(45)9-7-5-6-8-33(26-42-3)31-12-14-43-15-13-31/h10-11,16-18,21-23,25,31,33,40,42-44,47H,5-9,12-15,19-20,24,26,41H2,1-4H3/b11-10+/t33-,40?/m0/s1. The average Bonchev–Trinajstić information content (AvgIpc) is 3.05. The summed E-state index contributed by atoms with van der Waals surface area (Å²) in [6.45, 7) is 7.47. The Morgan fingerprint density at radius 3 is 2.52 bits per heavy atom. The number of benzene rings is 2. The number of hydrogen-bond acceptors (Lipinski definition) is 8. The minimum atomic E-state index is -0.289. The lowest BCUT2D eigenvalue weighted by Crippen LogP contribution is -2.38. The molecule has 6 N–H and O–H groups in total. The molecule has 1 fully saturated rings.